The minimum absolute atomic E-state index is 0.102. The van der Waals surface area contributed by atoms with Crippen molar-refractivity contribution < 1.29 is 9.90 Å². The highest BCUT2D eigenvalue weighted by molar-refractivity contribution is 5.89. The van der Waals surface area contributed by atoms with Gasteiger partial charge in [-0.1, -0.05) is 6.92 Å². The van der Waals surface area contributed by atoms with Gasteiger partial charge in [0.25, 0.3) is 0 Å². The van der Waals surface area contributed by atoms with Crippen LogP contribution < -0.4 is 10.6 Å². The average Bonchev–Trinajstić information content (AvgIpc) is 3.02. The zero-order valence-corrected chi connectivity index (χ0v) is 12.2. The summed E-state index contributed by atoms with van der Waals surface area (Å²) < 4.78 is 1.74. The van der Waals surface area contributed by atoms with Crippen LogP contribution in [-0.2, 0) is 0 Å². The Morgan fingerprint density at radius 3 is 2.62 bits per heavy atom. The number of anilines is 1. The summed E-state index contributed by atoms with van der Waals surface area (Å²) in [6, 6.07) is 8.86. The SMILES string of the molecule is CCC(C)(CO)NC(=O)Nc1ccc(-n2cccn2)cc1. The molecule has 0 saturated heterocycles. The molecule has 0 fully saturated rings. The molecule has 112 valence electrons. The van der Waals surface area contributed by atoms with Crippen molar-refractivity contribution >= 4 is 11.7 Å². The molecule has 0 aliphatic heterocycles. The summed E-state index contributed by atoms with van der Waals surface area (Å²) in [4.78, 5) is 11.9. The van der Waals surface area contributed by atoms with E-state index in [-0.39, 0.29) is 12.6 Å². The van der Waals surface area contributed by atoms with E-state index < -0.39 is 5.54 Å². The van der Waals surface area contributed by atoms with Gasteiger partial charge in [-0.05, 0) is 43.7 Å². The normalized spacial score (nSPS) is 13.5. The largest absolute Gasteiger partial charge is 0.394 e. The molecule has 0 radical (unpaired) electrons. The van der Waals surface area contributed by atoms with Crippen molar-refractivity contribution in [1.29, 1.82) is 0 Å². The average molecular weight is 288 g/mol. The van der Waals surface area contributed by atoms with Crippen LogP contribution in [0.5, 0.6) is 0 Å². The molecule has 1 aromatic heterocycles. The molecule has 1 atom stereocenters. The highest BCUT2D eigenvalue weighted by atomic mass is 16.3. The monoisotopic (exact) mass is 288 g/mol. The Balaban J connectivity index is 1.99. The molecule has 0 spiro atoms. The highest BCUT2D eigenvalue weighted by Gasteiger charge is 2.23. The van der Waals surface area contributed by atoms with E-state index in [0.29, 0.717) is 12.1 Å². The summed E-state index contributed by atoms with van der Waals surface area (Å²) in [5, 5.41) is 18.9. The van der Waals surface area contributed by atoms with Crippen LogP contribution in [0, 0.1) is 0 Å². The molecule has 2 amide bonds. The van der Waals surface area contributed by atoms with E-state index in [1.165, 1.54) is 0 Å². The maximum absolute atomic E-state index is 11.9. The molecule has 6 heteroatoms. The maximum Gasteiger partial charge on any atom is 0.319 e. The molecule has 0 aliphatic rings. The van der Waals surface area contributed by atoms with E-state index in [4.69, 9.17) is 0 Å². The van der Waals surface area contributed by atoms with Gasteiger partial charge in [-0.3, -0.25) is 0 Å². The second-order valence-corrected chi connectivity index (χ2v) is 5.15. The number of amides is 2. The van der Waals surface area contributed by atoms with Gasteiger partial charge in [-0.25, -0.2) is 9.48 Å². The summed E-state index contributed by atoms with van der Waals surface area (Å²) in [6.45, 7) is 3.61. The second kappa shape index (κ2) is 6.41. The van der Waals surface area contributed by atoms with E-state index in [2.05, 4.69) is 15.7 Å². The van der Waals surface area contributed by atoms with Crippen LogP contribution in [-0.4, -0.2) is 33.1 Å². The quantitative estimate of drug-likeness (QED) is 0.788. The first-order valence-electron chi connectivity index (χ1n) is 6.86. The predicted molar refractivity (Wildman–Crippen MR) is 81.5 cm³/mol. The summed E-state index contributed by atoms with van der Waals surface area (Å²) in [7, 11) is 0. The van der Waals surface area contributed by atoms with Gasteiger partial charge in [0, 0.05) is 18.1 Å². The van der Waals surface area contributed by atoms with Crippen LogP contribution in [0.3, 0.4) is 0 Å². The minimum Gasteiger partial charge on any atom is -0.394 e. The number of carbonyl (C=O) groups is 1. The third-order valence-electron chi connectivity index (χ3n) is 3.44. The molecule has 1 aromatic carbocycles. The molecule has 6 nitrogen and oxygen atoms in total. The maximum atomic E-state index is 11.9. The number of nitrogens with zero attached hydrogens (tertiary/aromatic N) is 2. The molecule has 2 aromatic rings. The van der Waals surface area contributed by atoms with E-state index in [0.717, 1.165) is 5.69 Å². The van der Waals surface area contributed by atoms with Crippen molar-refractivity contribution in [3.8, 4) is 5.69 Å². The van der Waals surface area contributed by atoms with E-state index >= 15 is 0 Å². The van der Waals surface area contributed by atoms with Crippen molar-refractivity contribution in [2.45, 2.75) is 25.8 Å². The summed E-state index contributed by atoms with van der Waals surface area (Å²) in [5.41, 5.74) is 0.985. The van der Waals surface area contributed by atoms with Crippen LogP contribution in [0.15, 0.2) is 42.7 Å². The Morgan fingerprint density at radius 1 is 1.38 bits per heavy atom. The van der Waals surface area contributed by atoms with Gasteiger partial charge < -0.3 is 15.7 Å². The van der Waals surface area contributed by atoms with Gasteiger partial charge >= 0.3 is 6.03 Å². The van der Waals surface area contributed by atoms with Gasteiger partial charge in [0.1, 0.15) is 0 Å². The van der Waals surface area contributed by atoms with Crippen LogP contribution in [0.4, 0.5) is 10.5 Å². The number of carbonyl (C=O) groups excluding carboxylic acids is 1. The third-order valence-corrected chi connectivity index (χ3v) is 3.44. The first-order valence-corrected chi connectivity index (χ1v) is 6.86. The molecule has 1 unspecified atom stereocenters. The number of aliphatic hydroxyl groups excluding tert-OH is 1. The lowest BCUT2D eigenvalue weighted by atomic mass is 10.0. The standard InChI is InChI=1S/C15H20N4O2/c1-3-15(2,11-20)18-14(21)17-12-5-7-13(8-6-12)19-10-4-9-16-19/h4-10,20H,3,11H2,1-2H3,(H2,17,18,21). The third kappa shape index (κ3) is 3.82. The molecule has 1 heterocycles. The Morgan fingerprint density at radius 2 is 2.10 bits per heavy atom. The van der Waals surface area contributed by atoms with Gasteiger partial charge in [0.05, 0.1) is 17.8 Å². The van der Waals surface area contributed by atoms with Gasteiger partial charge in [0.2, 0.25) is 0 Å². The number of urea groups is 1. The van der Waals surface area contributed by atoms with Gasteiger partial charge in [-0.2, -0.15) is 5.10 Å². The topological polar surface area (TPSA) is 79.2 Å². The van der Waals surface area contributed by atoms with E-state index in [1.54, 1.807) is 29.9 Å². The lowest BCUT2D eigenvalue weighted by Crippen LogP contribution is -2.50. The van der Waals surface area contributed by atoms with Crippen molar-refractivity contribution in [1.82, 2.24) is 15.1 Å². The van der Waals surface area contributed by atoms with Crippen LogP contribution in [0.2, 0.25) is 0 Å². The summed E-state index contributed by atoms with van der Waals surface area (Å²) in [6.07, 6.45) is 4.21. The van der Waals surface area contributed by atoms with Crippen LogP contribution in [0.25, 0.3) is 5.69 Å². The Labute approximate surface area is 123 Å². The number of rotatable bonds is 5. The number of hydrogen-bond acceptors (Lipinski definition) is 3. The first kappa shape index (κ1) is 15.1. The Bertz CT molecular complexity index is 574. The minimum atomic E-state index is -0.612. The Kier molecular flexibility index (Phi) is 4.59. The number of aliphatic hydroxyl groups is 1. The lowest BCUT2D eigenvalue weighted by Gasteiger charge is -2.27. The van der Waals surface area contributed by atoms with E-state index in [9.17, 15) is 9.90 Å². The molecular formula is C15H20N4O2. The van der Waals surface area contributed by atoms with Crippen molar-refractivity contribution in [3.05, 3.63) is 42.7 Å². The number of hydrogen-bond donors (Lipinski definition) is 3. The molecule has 0 saturated carbocycles. The second-order valence-electron chi connectivity index (χ2n) is 5.15. The number of aromatic nitrogens is 2. The molecule has 0 aliphatic carbocycles. The highest BCUT2D eigenvalue weighted by Crippen LogP contribution is 2.13. The van der Waals surface area contributed by atoms with Crippen molar-refractivity contribution in [2.75, 3.05) is 11.9 Å². The van der Waals surface area contributed by atoms with Crippen LogP contribution >= 0.6 is 0 Å². The van der Waals surface area contributed by atoms with Crippen LogP contribution in [0.1, 0.15) is 20.3 Å². The Hall–Kier alpha value is -2.34. The molecule has 0 bridgehead atoms. The van der Waals surface area contributed by atoms with Crippen molar-refractivity contribution in [2.24, 2.45) is 0 Å². The number of nitrogens with one attached hydrogen (secondary N) is 2. The van der Waals surface area contributed by atoms with E-state index in [1.807, 2.05) is 31.3 Å². The van der Waals surface area contributed by atoms with Gasteiger partial charge in [0.15, 0.2) is 0 Å². The van der Waals surface area contributed by atoms with Crippen molar-refractivity contribution in [3.63, 3.8) is 0 Å². The zero-order valence-electron chi connectivity index (χ0n) is 12.2. The molecular weight excluding hydrogens is 268 g/mol. The zero-order chi connectivity index (χ0) is 15.3. The fraction of sp³-hybridized carbons (Fsp3) is 0.333. The summed E-state index contributed by atoms with van der Waals surface area (Å²) in [5.74, 6) is 0. The smallest absolute Gasteiger partial charge is 0.319 e. The predicted octanol–water partition coefficient (Wildman–Crippen LogP) is 2.15. The fourth-order valence-electron chi connectivity index (χ4n) is 1.80. The first-order chi connectivity index (χ1) is 10.1. The number of benzene rings is 1. The lowest BCUT2D eigenvalue weighted by molar-refractivity contribution is 0.172. The molecule has 21 heavy (non-hydrogen) atoms. The fourth-order valence-corrected chi connectivity index (χ4v) is 1.80. The van der Waals surface area contributed by atoms with Gasteiger partial charge in [-0.15, -0.1) is 0 Å². The summed E-state index contributed by atoms with van der Waals surface area (Å²) >= 11 is 0. The molecule has 3 N–H and O–H groups in total. The molecule has 2 rings (SSSR count).